The van der Waals surface area contributed by atoms with Gasteiger partial charge >= 0.3 is 0 Å². The highest BCUT2D eigenvalue weighted by molar-refractivity contribution is 14.1. The van der Waals surface area contributed by atoms with Gasteiger partial charge in [-0.2, -0.15) is 0 Å². The molecule has 0 aliphatic heterocycles. The fourth-order valence-electron chi connectivity index (χ4n) is 1.82. The fourth-order valence-corrected chi connectivity index (χ4v) is 3.03. The molecule has 0 amide bonds. The van der Waals surface area contributed by atoms with E-state index in [9.17, 15) is 0 Å². The number of benzene rings is 2. The molecule has 2 aromatic carbocycles. The lowest BCUT2D eigenvalue weighted by atomic mass is 10.1. The van der Waals surface area contributed by atoms with Gasteiger partial charge in [0.15, 0.2) is 0 Å². The third kappa shape index (κ3) is 6.41. The van der Waals surface area contributed by atoms with E-state index in [0.29, 0.717) is 0 Å². The van der Waals surface area contributed by atoms with Gasteiger partial charge in [0.1, 0.15) is 0 Å². The van der Waals surface area contributed by atoms with Crippen LogP contribution in [0, 0.1) is 3.57 Å². The Balaban J connectivity index is 1.86. The van der Waals surface area contributed by atoms with E-state index >= 15 is 0 Å². The number of halogens is 1. The molecule has 0 bridgehead atoms. The van der Waals surface area contributed by atoms with Crippen molar-refractivity contribution in [2.45, 2.75) is 43.5 Å². The van der Waals surface area contributed by atoms with Crippen LogP contribution in [0.1, 0.15) is 31.9 Å². The summed E-state index contributed by atoms with van der Waals surface area (Å²) in [4.78, 5) is 1.33. The molecule has 0 radical (unpaired) electrons. The molecule has 3 heteroatoms. The summed E-state index contributed by atoms with van der Waals surface area (Å²) in [5, 5.41) is 3.51. The van der Waals surface area contributed by atoms with Gasteiger partial charge in [0.25, 0.3) is 0 Å². The molecule has 0 atom stereocenters. The smallest absolute Gasteiger partial charge is 0.0232 e. The van der Waals surface area contributed by atoms with Crippen LogP contribution in [-0.2, 0) is 12.3 Å². The van der Waals surface area contributed by atoms with Crippen molar-refractivity contribution in [2.24, 2.45) is 0 Å². The summed E-state index contributed by atoms with van der Waals surface area (Å²) in [5.41, 5.74) is 2.88. The van der Waals surface area contributed by atoms with E-state index in [4.69, 9.17) is 0 Å². The minimum Gasteiger partial charge on any atom is -0.308 e. The highest BCUT2D eigenvalue weighted by Crippen LogP contribution is 2.23. The highest BCUT2D eigenvalue weighted by Gasteiger charge is 2.08. The van der Waals surface area contributed by atoms with Crippen molar-refractivity contribution in [1.29, 1.82) is 0 Å². The van der Waals surface area contributed by atoms with Gasteiger partial charge < -0.3 is 5.32 Å². The minimum absolute atomic E-state index is 0.165. The molecule has 0 fully saturated rings. The summed E-state index contributed by atoms with van der Waals surface area (Å²) in [5.74, 6) is 1.02. The summed E-state index contributed by atoms with van der Waals surface area (Å²) in [6, 6.07) is 17.6. The Hall–Kier alpha value is -0.520. The number of hydrogen-bond acceptors (Lipinski definition) is 2. The van der Waals surface area contributed by atoms with E-state index < -0.39 is 0 Å². The quantitative estimate of drug-likeness (QED) is 0.517. The Labute approximate surface area is 146 Å². The van der Waals surface area contributed by atoms with Crippen LogP contribution in [-0.4, -0.2) is 5.54 Å². The molecule has 0 saturated heterocycles. The maximum absolute atomic E-state index is 3.51. The summed E-state index contributed by atoms with van der Waals surface area (Å²) in [6.45, 7) is 7.50. The van der Waals surface area contributed by atoms with Gasteiger partial charge in [0.2, 0.25) is 0 Å². The van der Waals surface area contributed by atoms with Crippen molar-refractivity contribution in [3.8, 4) is 0 Å². The zero-order chi connectivity index (χ0) is 15.3. The molecule has 0 heterocycles. The molecular formula is C18H22INS. The summed E-state index contributed by atoms with van der Waals surface area (Å²) in [6.07, 6.45) is 0. The Morgan fingerprint density at radius 3 is 2.05 bits per heavy atom. The van der Waals surface area contributed by atoms with Crippen LogP contribution in [0.5, 0.6) is 0 Å². The van der Waals surface area contributed by atoms with Crippen LogP contribution >= 0.6 is 34.4 Å². The average molecular weight is 411 g/mol. The zero-order valence-corrected chi connectivity index (χ0v) is 15.8. The second-order valence-electron chi connectivity index (χ2n) is 6.16. The van der Waals surface area contributed by atoms with Crippen molar-refractivity contribution < 1.29 is 0 Å². The van der Waals surface area contributed by atoms with Crippen LogP contribution in [0.3, 0.4) is 0 Å². The predicted molar refractivity (Wildman–Crippen MR) is 102 cm³/mol. The Kier molecular flexibility index (Phi) is 6.14. The van der Waals surface area contributed by atoms with Crippen LogP contribution in [0.4, 0.5) is 0 Å². The van der Waals surface area contributed by atoms with E-state index in [1.54, 1.807) is 0 Å². The minimum atomic E-state index is 0.165. The van der Waals surface area contributed by atoms with Crippen LogP contribution in [0.15, 0.2) is 53.4 Å². The van der Waals surface area contributed by atoms with Crippen LogP contribution in [0.25, 0.3) is 0 Å². The van der Waals surface area contributed by atoms with Crippen LogP contribution in [0.2, 0.25) is 0 Å². The van der Waals surface area contributed by atoms with Gasteiger partial charge in [-0.15, -0.1) is 11.8 Å². The third-order valence-electron chi connectivity index (χ3n) is 3.06. The average Bonchev–Trinajstić information content (AvgIpc) is 2.45. The van der Waals surface area contributed by atoms with Crippen molar-refractivity contribution >= 4 is 34.4 Å². The Morgan fingerprint density at radius 2 is 1.48 bits per heavy atom. The van der Waals surface area contributed by atoms with E-state index in [1.165, 1.54) is 19.6 Å². The number of rotatable bonds is 5. The van der Waals surface area contributed by atoms with Gasteiger partial charge in [-0.25, -0.2) is 0 Å². The standard InChI is InChI=1S/C18H22INS/c1-18(2,3)20-12-14-6-10-17(11-7-14)21-13-15-4-8-16(19)9-5-15/h4-11,20H,12-13H2,1-3H3. The number of hydrogen-bond donors (Lipinski definition) is 1. The first-order valence-corrected chi connectivity index (χ1v) is 9.20. The third-order valence-corrected chi connectivity index (χ3v) is 4.87. The lowest BCUT2D eigenvalue weighted by Crippen LogP contribution is -2.35. The van der Waals surface area contributed by atoms with Gasteiger partial charge in [-0.05, 0) is 78.8 Å². The number of nitrogens with one attached hydrogen (secondary N) is 1. The molecule has 0 aromatic heterocycles. The van der Waals surface area contributed by atoms with E-state index in [1.807, 2.05) is 11.8 Å². The van der Waals surface area contributed by atoms with Gasteiger partial charge in [0.05, 0.1) is 0 Å². The van der Waals surface area contributed by atoms with Crippen LogP contribution < -0.4 is 5.32 Å². The Morgan fingerprint density at radius 1 is 0.905 bits per heavy atom. The highest BCUT2D eigenvalue weighted by atomic mass is 127. The first-order valence-electron chi connectivity index (χ1n) is 7.14. The van der Waals surface area contributed by atoms with Crippen molar-refractivity contribution in [3.63, 3.8) is 0 Å². The lowest BCUT2D eigenvalue weighted by Gasteiger charge is -2.20. The molecule has 2 rings (SSSR count). The predicted octanol–water partition coefficient (Wildman–Crippen LogP) is 5.47. The second kappa shape index (κ2) is 7.65. The molecule has 0 unspecified atom stereocenters. The van der Waals surface area contributed by atoms with E-state index in [0.717, 1.165) is 12.3 Å². The molecule has 112 valence electrons. The summed E-state index contributed by atoms with van der Waals surface area (Å²) >= 11 is 4.23. The topological polar surface area (TPSA) is 12.0 Å². The molecule has 1 N–H and O–H groups in total. The van der Waals surface area contributed by atoms with Gasteiger partial charge in [-0.1, -0.05) is 24.3 Å². The maximum atomic E-state index is 3.51. The SMILES string of the molecule is CC(C)(C)NCc1ccc(SCc2ccc(I)cc2)cc1. The lowest BCUT2D eigenvalue weighted by molar-refractivity contribution is 0.424. The number of thioether (sulfide) groups is 1. The van der Waals surface area contributed by atoms with E-state index in [-0.39, 0.29) is 5.54 Å². The van der Waals surface area contributed by atoms with Crippen molar-refractivity contribution in [3.05, 3.63) is 63.2 Å². The summed E-state index contributed by atoms with van der Waals surface area (Å²) < 4.78 is 1.29. The molecule has 21 heavy (non-hydrogen) atoms. The summed E-state index contributed by atoms with van der Waals surface area (Å²) in [7, 11) is 0. The first kappa shape index (κ1) is 16.8. The molecule has 0 spiro atoms. The second-order valence-corrected chi connectivity index (χ2v) is 8.46. The van der Waals surface area contributed by atoms with Crippen molar-refractivity contribution in [1.82, 2.24) is 5.32 Å². The maximum Gasteiger partial charge on any atom is 0.0232 e. The van der Waals surface area contributed by atoms with Crippen molar-refractivity contribution in [2.75, 3.05) is 0 Å². The molecule has 0 saturated carbocycles. The van der Waals surface area contributed by atoms with Gasteiger partial charge in [0, 0.05) is 26.3 Å². The van der Waals surface area contributed by atoms with E-state index in [2.05, 4.69) is 97.2 Å². The Bertz CT molecular complexity index is 555. The molecule has 0 aliphatic carbocycles. The monoisotopic (exact) mass is 411 g/mol. The largest absolute Gasteiger partial charge is 0.308 e. The first-order chi connectivity index (χ1) is 9.92. The van der Waals surface area contributed by atoms with Gasteiger partial charge in [-0.3, -0.25) is 0 Å². The normalized spacial score (nSPS) is 11.6. The zero-order valence-electron chi connectivity index (χ0n) is 12.8. The molecule has 2 aromatic rings. The molecular weight excluding hydrogens is 389 g/mol. The fraction of sp³-hybridized carbons (Fsp3) is 0.333. The molecule has 1 nitrogen and oxygen atoms in total. The molecule has 0 aliphatic rings.